The van der Waals surface area contributed by atoms with Crippen molar-refractivity contribution in [2.24, 2.45) is 5.92 Å². The van der Waals surface area contributed by atoms with Crippen LogP contribution in [0.3, 0.4) is 0 Å². The minimum Gasteiger partial charge on any atom is -0.484 e. The van der Waals surface area contributed by atoms with Crippen LogP contribution in [0.2, 0.25) is 0 Å². The van der Waals surface area contributed by atoms with E-state index in [0.29, 0.717) is 29.6 Å². The highest BCUT2D eigenvalue weighted by Gasteiger charge is 2.33. The molecule has 9 heteroatoms. The number of nitrogens with one attached hydrogen (secondary N) is 5. The van der Waals surface area contributed by atoms with Crippen molar-refractivity contribution in [2.75, 3.05) is 31.6 Å². The fourth-order valence-corrected chi connectivity index (χ4v) is 4.84. The number of ether oxygens (including phenoxy) is 1. The molecule has 3 heterocycles. The first-order valence-corrected chi connectivity index (χ1v) is 11.5. The minimum atomic E-state index is -0.103. The van der Waals surface area contributed by atoms with Crippen molar-refractivity contribution in [2.45, 2.75) is 43.8 Å². The van der Waals surface area contributed by atoms with Crippen LogP contribution in [-0.4, -0.2) is 60.2 Å². The van der Waals surface area contributed by atoms with Gasteiger partial charge in [-0.2, -0.15) is 0 Å². The Hall–Kier alpha value is -2.75. The monoisotopic (exact) mass is 437 g/mol. The second-order valence-corrected chi connectivity index (χ2v) is 8.89. The maximum absolute atomic E-state index is 12.1. The van der Waals surface area contributed by atoms with E-state index in [1.54, 1.807) is 6.20 Å². The lowest BCUT2D eigenvalue weighted by Crippen LogP contribution is -2.39. The third-order valence-electron chi connectivity index (χ3n) is 6.53. The van der Waals surface area contributed by atoms with E-state index in [4.69, 9.17) is 9.72 Å². The van der Waals surface area contributed by atoms with E-state index in [-0.39, 0.29) is 18.6 Å². The molecule has 0 radical (unpaired) electrons. The topological polar surface area (TPSA) is 112 Å². The van der Waals surface area contributed by atoms with Crippen molar-refractivity contribution in [3.8, 4) is 17.1 Å². The summed E-state index contributed by atoms with van der Waals surface area (Å²) in [6.45, 7) is 2.78. The highest BCUT2D eigenvalue weighted by molar-refractivity contribution is 5.78. The minimum absolute atomic E-state index is 0.00401. The van der Waals surface area contributed by atoms with Gasteiger partial charge in [-0.3, -0.25) is 15.6 Å². The van der Waals surface area contributed by atoms with Crippen molar-refractivity contribution in [1.82, 2.24) is 31.5 Å². The number of amides is 1. The lowest BCUT2D eigenvalue weighted by Gasteiger charge is -2.31. The van der Waals surface area contributed by atoms with E-state index < -0.39 is 0 Å². The van der Waals surface area contributed by atoms with Crippen LogP contribution < -0.4 is 31.5 Å². The summed E-state index contributed by atoms with van der Waals surface area (Å²) in [6, 6.07) is 10.7. The average molecular weight is 438 g/mol. The number of hydrogen-bond donors (Lipinski definition) is 5. The number of benzene rings is 1. The Balaban J connectivity index is 1.19. The zero-order chi connectivity index (χ0) is 21.8. The fourth-order valence-electron chi connectivity index (χ4n) is 4.84. The first kappa shape index (κ1) is 21.1. The Morgan fingerprint density at radius 1 is 1.16 bits per heavy atom. The number of hydrogen-bond acceptors (Lipinski definition) is 8. The molecular formula is C23H31N7O2. The van der Waals surface area contributed by atoms with Crippen LogP contribution in [0.4, 0.5) is 5.82 Å². The van der Waals surface area contributed by atoms with Gasteiger partial charge >= 0.3 is 0 Å². The molecule has 3 fully saturated rings. The summed E-state index contributed by atoms with van der Waals surface area (Å²) in [6.07, 6.45) is 6.16. The summed E-state index contributed by atoms with van der Waals surface area (Å²) in [5.41, 5.74) is 7.51. The molecule has 5 rings (SSSR count). The second kappa shape index (κ2) is 9.81. The molecule has 2 aromatic rings. The summed E-state index contributed by atoms with van der Waals surface area (Å²) >= 11 is 0. The molecule has 2 aliphatic heterocycles. The Morgan fingerprint density at radius 2 is 2.12 bits per heavy atom. The van der Waals surface area contributed by atoms with Crippen LogP contribution in [0.25, 0.3) is 11.4 Å². The summed E-state index contributed by atoms with van der Waals surface area (Å²) in [5, 5.41) is 9.82. The molecule has 2 saturated heterocycles. The molecule has 5 N–H and O–H groups in total. The van der Waals surface area contributed by atoms with E-state index in [0.717, 1.165) is 56.7 Å². The van der Waals surface area contributed by atoms with E-state index in [1.165, 1.54) is 0 Å². The molecule has 0 spiro atoms. The van der Waals surface area contributed by atoms with Gasteiger partial charge in [-0.25, -0.2) is 9.97 Å². The third-order valence-corrected chi connectivity index (χ3v) is 6.53. The van der Waals surface area contributed by atoms with Crippen LogP contribution in [0.15, 0.2) is 36.5 Å². The lowest BCUT2D eigenvalue weighted by atomic mass is 9.83. The van der Waals surface area contributed by atoms with E-state index in [1.807, 2.05) is 30.3 Å². The molecule has 3 aliphatic rings. The molecule has 9 nitrogen and oxygen atoms in total. The molecule has 4 atom stereocenters. The molecule has 170 valence electrons. The van der Waals surface area contributed by atoms with Gasteiger partial charge in [0, 0.05) is 43.0 Å². The number of nitrogens with zero attached hydrogens (tertiary/aromatic N) is 2. The number of rotatable bonds is 7. The molecule has 1 amide bonds. The Bertz CT molecular complexity index is 934. The Labute approximate surface area is 188 Å². The van der Waals surface area contributed by atoms with Gasteiger partial charge in [-0.15, -0.1) is 0 Å². The molecule has 1 aromatic heterocycles. The van der Waals surface area contributed by atoms with Crippen molar-refractivity contribution in [1.29, 1.82) is 0 Å². The number of aromatic nitrogens is 2. The summed E-state index contributed by atoms with van der Waals surface area (Å²) < 4.78 is 5.72. The summed E-state index contributed by atoms with van der Waals surface area (Å²) in [5.74, 6) is 2.67. The largest absolute Gasteiger partial charge is 0.484 e. The van der Waals surface area contributed by atoms with Crippen molar-refractivity contribution < 1.29 is 9.53 Å². The molecule has 1 aliphatic carbocycles. The Kier molecular flexibility index (Phi) is 6.47. The fraction of sp³-hybridized carbons (Fsp3) is 0.522. The first-order chi connectivity index (χ1) is 15.7. The van der Waals surface area contributed by atoms with Crippen molar-refractivity contribution >= 4 is 11.7 Å². The Morgan fingerprint density at radius 3 is 3.03 bits per heavy atom. The normalized spacial score (nSPS) is 27.0. The number of hydrazine groups is 1. The molecule has 1 saturated carbocycles. The zero-order valence-electron chi connectivity index (χ0n) is 18.1. The van der Waals surface area contributed by atoms with Crippen LogP contribution in [0, 0.1) is 5.92 Å². The number of anilines is 1. The van der Waals surface area contributed by atoms with Gasteiger partial charge in [-0.1, -0.05) is 12.1 Å². The number of carbonyl (C=O) groups is 1. The molecule has 3 unspecified atom stereocenters. The maximum Gasteiger partial charge on any atom is 0.258 e. The predicted molar refractivity (Wildman–Crippen MR) is 122 cm³/mol. The first-order valence-electron chi connectivity index (χ1n) is 11.5. The number of fused-ring (bicyclic) bond motifs is 1. The van der Waals surface area contributed by atoms with Crippen LogP contribution in [0.1, 0.15) is 25.7 Å². The van der Waals surface area contributed by atoms with Gasteiger partial charge in [0.1, 0.15) is 11.6 Å². The molecule has 1 aromatic carbocycles. The van der Waals surface area contributed by atoms with Gasteiger partial charge in [0.15, 0.2) is 12.4 Å². The van der Waals surface area contributed by atoms with Crippen LogP contribution in [-0.2, 0) is 4.79 Å². The van der Waals surface area contributed by atoms with Gasteiger partial charge in [0.2, 0.25) is 0 Å². The van der Waals surface area contributed by atoms with Crippen LogP contribution >= 0.6 is 0 Å². The highest BCUT2D eigenvalue weighted by Crippen LogP contribution is 2.29. The predicted octanol–water partition coefficient (Wildman–Crippen LogP) is 1.06. The van der Waals surface area contributed by atoms with E-state index >= 15 is 0 Å². The highest BCUT2D eigenvalue weighted by atomic mass is 16.5. The van der Waals surface area contributed by atoms with Gasteiger partial charge in [-0.05, 0) is 56.3 Å². The summed E-state index contributed by atoms with van der Waals surface area (Å²) in [7, 11) is 0. The van der Waals surface area contributed by atoms with Crippen LogP contribution in [0.5, 0.6) is 5.75 Å². The number of carbonyl (C=O) groups excluding carboxylic acids is 1. The van der Waals surface area contributed by atoms with Crippen molar-refractivity contribution in [3.63, 3.8) is 0 Å². The molecule has 32 heavy (non-hydrogen) atoms. The van der Waals surface area contributed by atoms with Gasteiger partial charge in [0.05, 0.1) is 0 Å². The van der Waals surface area contributed by atoms with Gasteiger partial charge in [0.25, 0.3) is 5.91 Å². The average Bonchev–Trinajstić information content (AvgIpc) is 3.50. The molecule has 0 bridgehead atoms. The smallest absolute Gasteiger partial charge is 0.258 e. The lowest BCUT2D eigenvalue weighted by molar-refractivity contribution is -0.123. The summed E-state index contributed by atoms with van der Waals surface area (Å²) in [4.78, 5) is 21.3. The van der Waals surface area contributed by atoms with Crippen molar-refractivity contribution in [3.05, 3.63) is 36.5 Å². The second-order valence-electron chi connectivity index (χ2n) is 8.89. The van der Waals surface area contributed by atoms with E-state index in [9.17, 15) is 4.79 Å². The quantitative estimate of drug-likeness (QED) is 0.437. The standard InChI is InChI=1S/C23H31N7O2/c31-22(28-18-6-8-24-13-18)14-32-19-3-1-2-15(11-19)23-25-9-7-21(29-23)27-17-4-5-20-16(10-17)12-26-30-20/h1-3,7,9,11,16-18,20,24,26,30H,4-6,8,10,12-14H2,(H,28,31)(H,25,27,29)/t16?,17?,18-,20?/m1/s1. The van der Waals surface area contributed by atoms with Gasteiger partial charge < -0.3 is 20.7 Å². The maximum atomic E-state index is 12.1. The molecular weight excluding hydrogens is 406 g/mol. The third kappa shape index (κ3) is 5.17. The SMILES string of the molecule is O=C(COc1cccc(-c2nccc(NC3CCC4NNCC4C3)n2)c1)N[C@@H]1CCNC1. The zero-order valence-corrected chi connectivity index (χ0v) is 18.1. The van der Waals surface area contributed by atoms with E-state index in [2.05, 4.69) is 31.8 Å².